The standard InChI is InChI=1S/C29H31ClN6O2S/c1-38-26-12-7-21(19-25(26)30)28-33-27(20-13-15-31-16-14-20)34-36(28)18-17-35(23-5-3-4-6-23)29(37)32-22-8-10-24(39-2)11-9-22/h7-16,19,23H,3-6,17-18H2,1-2H3,(H,32,37). The number of hydrogen-bond donors (Lipinski definition) is 1. The Morgan fingerprint density at radius 3 is 2.51 bits per heavy atom. The van der Waals surface area contributed by atoms with Gasteiger partial charge in [-0.15, -0.1) is 11.8 Å². The second-order valence-corrected chi connectivity index (χ2v) is 10.6. The lowest BCUT2D eigenvalue weighted by Gasteiger charge is -2.29. The molecule has 39 heavy (non-hydrogen) atoms. The molecule has 5 rings (SSSR count). The van der Waals surface area contributed by atoms with Crippen LogP contribution in [0.5, 0.6) is 5.75 Å². The van der Waals surface area contributed by atoms with Crippen molar-refractivity contribution < 1.29 is 9.53 Å². The molecule has 0 atom stereocenters. The molecule has 0 aliphatic heterocycles. The van der Waals surface area contributed by atoms with Crippen LogP contribution in [0.4, 0.5) is 10.5 Å². The lowest BCUT2D eigenvalue weighted by Crippen LogP contribution is -2.43. The van der Waals surface area contributed by atoms with Crippen molar-refractivity contribution >= 4 is 35.1 Å². The van der Waals surface area contributed by atoms with Crippen molar-refractivity contribution in [3.63, 3.8) is 0 Å². The molecule has 2 heterocycles. The van der Waals surface area contributed by atoms with Crippen molar-refractivity contribution in [1.29, 1.82) is 0 Å². The van der Waals surface area contributed by atoms with E-state index in [4.69, 9.17) is 26.4 Å². The van der Waals surface area contributed by atoms with E-state index in [-0.39, 0.29) is 12.1 Å². The van der Waals surface area contributed by atoms with Crippen LogP contribution in [0, 0.1) is 0 Å². The van der Waals surface area contributed by atoms with Gasteiger partial charge in [0.1, 0.15) is 5.75 Å². The molecule has 1 aliphatic rings. The summed E-state index contributed by atoms with van der Waals surface area (Å²) in [6.45, 7) is 0.974. The van der Waals surface area contributed by atoms with Gasteiger partial charge in [0.2, 0.25) is 0 Å². The fourth-order valence-electron chi connectivity index (χ4n) is 4.88. The molecular weight excluding hydrogens is 532 g/mol. The molecule has 1 aliphatic carbocycles. The highest BCUT2D eigenvalue weighted by Crippen LogP contribution is 2.31. The number of nitrogens with one attached hydrogen (secondary N) is 1. The van der Waals surface area contributed by atoms with Crippen molar-refractivity contribution in [2.24, 2.45) is 0 Å². The summed E-state index contributed by atoms with van der Waals surface area (Å²) in [5.41, 5.74) is 2.47. The van der Waals surface area contributed by atoms with Gasteiger partial charge in [-0.3, -0.25) is 4.98 Å². The number of anilines is 1. The quantitative estimate of drug-likeness (QED) is 0.224. The Morgan fingerprint density at radius 1 is 1.10 bits per heavy atom. The Balaban J connectivity index is 1.42. The number of rotatable bonds is 9. The Morgan fingerprint density at radius 2 is 1.85 bits per heavy atom. The maximum atomic E-state index is 13.5. The van der Waals surface area contributed by atoms with E-state index in [1.54, 1.807) is 31.3 Å². The van der Waals surface area contributed by atoms with Gasteiger partial charge >= 0.3 is 6.03 Å². The minimum Gasteiger partial charge on any atom is -0.495 e. The van der Waals surface area contributed by atoms with E-state index >= 15 is 0 Å². The molecule has 1 fully saturated rings. The number of thioether (sulfide) groups is 1. The average molecular weight is 563 g/mol. The zero-order chi connectivity index (χ0) is 27.2. The summed E-state index contributed by atoms with van der Waals surface area (Å²) in [7, 11) is 1.59. The topological polar surface area (TPSA) is 85.2 Å². The molecule has 8 nitrogen and oxygen atoms in total. The number of methoxy groups -OCH3 is 1. The van der Waals surface area contributed by atoms with E-state index in [0.717, 1.165) is 47.4 Å². The third-order valence-electron chi connectivity index (χ3n) is 6.94. The number of ether oxygens (including phenoxy) is 1. The fourth-order valence-corrected chi connectivity index (χ4v) is 5.54. The number of carbonyl (C=O) groups is 1. The summed E-state index contributed by atoms with van der Waals surface area (Å²) in [4.78, 5) is 25.6. The Kier molecular flexibility index (Phi) is 8.68. The molecular formula is C29H31ClN6O2S. The van der Waals surface area contributed by atoms with Gasteiger partial charge in [-0.2, -0.15) is 5.10 Å². The Labute approximate surface area is 237 Å². The highest BCUT2D eigenvalue weighted by Gasteiger charge is 2.27. The molecule has 202 valence electrons. The number of carbonyl (C=O) groups excluding carboxylic acids is 1. The monoisotopic (exact) mass is 562 g/mol. The summed E-state index contributed by atoms with van der Waals surface area (Å²) in [5, 5.41) is 8.43. The number of urea groups is 1. The Hall–Kier alpha value is -3.56. The highest BCUT2D eigenvalue weighted by molar-refractivity contribution is 7.98. The van der Waals surface area contributed by atoms with E-state index in [9.17, 15) is 4.79 Å². The second kappa shape index (κ2) is 12.5. The van der Waals surface area contributed by atoms with E-state index in [0.29, 0.717) is 35.5 Å². The zero-order valence-electron chi connectivity index (χ0n) is 22.0. The Bertz CT molecular complexity index is 1410. The number of nitrogens with zero attached hydrogens (tertiary/aromatic N) is 5. The molecule has 0 radical (unpaired) electrons. The normalized spacial score (nSPS) is 13.4. The minimum atomic E-state index is -0.0951. The van der Waals surface area contributed by atoms with Crippen molar-refractivity contribution in [2.45, 2.75) is 43.2 Å². The number of amides is 2. The molecule has 0 saturated heterocycles. The van der Waals surface area contributed by atoms with Gasteiger partial charge in [-0.05, 0) is 73.7 Å². The van der Waals surface area contributed by atoms with Crippen molar-refractivity contribution in [3.05, 3.63) is 72.0 Å². The third-order valence-corrected chi connectivity index (χ3v) is 7.98. The molecule has 2 aromatic carbocycles. The molecule has 10 heteroatoms. The lowest BCUT2D eigenvalue weighted by atomic mass is 10.2. The summed E-state index contributed by atoms with van der Waals surface area (Å²) in [6, 6.07) is 17.4. The zero-order valence-corrected chi connectivity index (χ0v) is 23.6. The third kappa shape index (κ3) is 6.37. The van der Waals surface area contributed by atoms with Gasteiger partial charge in [0, 0.05) is 46.7 Å². The number of hydrogen-bond acceptors (Lipinski definition) is 6. The van der Waals surface area contributed by atoms with Gasteiger partial charge in [0.25, 0.3) is 0 Å². The van der Waals surface area contributed by atoms with Crippen molar-refractivity contribution in [2.75, 3.05) is 25.2 Å². The van der Waals surface area contributed by atoms with Gasteiger partial charge in [-0.1, -0.05) is 24.4 Å². The van der Waals surface area contributed by atoms with Crippen LogP contribution in [0.15, 0.2) is 71.9 Å². The average Bonchev–Trinajstić information content (AvgIpc) is 3.65. The maximum absolute atomic E-state index is 13.5. The predicted molar refractivity (Wildman–Crippen MR) is 156 cm³/mol. The van der Waals surface area contributed by atoms with E-state index in [2.05, 4.69) is 10.3 Å². The first-order chi connectivity index (χ1) is 19.1. The van der Waals surface area contributed by atoms with Crippen molar-refractivity contribution in [1.82, 2.24) is 24.6 Å². The van der Waals surface area contributed by atoms with Crippen LogP contribution in [0.1, 0.15) is 25.7 Å². The molecule has 1 N–H and O–H groups in total. The van der Waals surface area contributed by atoms with Crippen LogP contribution in [0.25, 0.3) is 22.8 Å². The van der Waals surface area contributed by atoms with Crippen LogP contribution < -0.4 is 10.1 Å². The fraction of sp³-hybridized carbons (Fsp3) is 0.310. The van der Waals surface area contributed by atoms with Crippen LogP contribution in [-0.2, 0) is 6.54 Å². The van der Waals surface area contributed by atoms with Crippen LogP contribution in [-0.4, -0.2) is 56.6 Å². The second-order valence-electron chi connectivity index (χ2n) is 9.36. The summed E-state index contributed by atoms with van der Waals surface area (Å²) in [5.74, 6) is 1.85. The molecule has 0 bridgehead atoms. The summed E-state index contributed by atoms with van der Waals surface area (Å²) < 4.78 is 7.19. The number of halogens is 1. The van der Waals surface area contributed by atoms with Crippen LogP contribution in [0.2, 0.25) is 5.02 Å². The molecule has 1 saturated carbocycles. The SMILES string of the molecule is COc1ccc(-c2nc(-c3ccncc3)nn2CCN(C(=O)Nc2ccc(SC)cc2)C2CCCC2)cc1Cl. The minimum absolute atomic E-state index is 0.0951. The molecule has 0 unspecified atom stereocenters. The smallest absolute Gasteiger partial charge is 0.322 e. The van der Waals surface area contributed by atoms with Crippen LogP contribution in [0.3, 0.4) is 0 Å². The summed E-state index contributed by atoms with van der Waals surface area (Å²) >= 11 is 8.13. The first-order valence-corrected chi connectivity index (χ1v) is 14.6. The number of aromatic nitrogens is 4. The number of pyridine rings is 1. The molecule has 0 spiro atoms. The van der Waals surface area contributed by atoms with Crippen LogP contribution >= 0.6 is 23.4 Å². The van der Waals surface area contributed by atoms with Gasteiger partial charge < -0.3 is 15.0 Å². The first-order valence-electron chi connectivity index (χ1n) is 13.0. The van der Waals surface area contributed by atoms with Gasteiger partial charge in [0.05, 0.1) is 18.7 Å². The first kappa shape index (κ1) is 27.0. The molecule has 2 amide bonds. The summed E-state index contributed by atoms with van der Waals surface area (Å²) in [6.07, 6.45) is 9.73. The highest BCUT2D eigenvalue weighted by atomic mass is 35.5. The van der Waals surface area contributed by atoms with E-state index in [1.165, 1.54) is 0 Å². The molecule has 2 aromatic heterocycles. The van der Waals surface area contributed by atoms with Gasteiger partial charge in [-0.25, -0.2) is 14.5 Å². The van der Waals surface area contributed by atoms with Gasteiger partial charge in [0.15, 0.2) is 11.6 Å². The largest absolute Gasteiger partial charge is 0.495 e. The van der Waals surface area contributed by atoms with E-state index < -0.39 is 0 Å². The predicted octanol–water partition coefficient (Wildman–Crippen LogP) is 6.87. The van der Waals surface area contributed by atoms with E-state index in [1.807, 2.05) is 70.4 Å². The van der Waals surface area contributed by atoms with Crippen molar-refractivity contribution in [3.8, 4) is 28.5 Å². The molecule has 4 aromatic rings. The number of benzene rings is 2. The lowest BCUT2D eigenvalue weighted by molar-refractivity contribution is 0.184. The maximum Gasteiger partial charge on any atom is 0.322 e.